The van der Waals surface area contributed by atoms with Crippen molar-refractivity contribution in [1.29, 1.82) is 0 Å². The van der Waals surface area contributed by atoms with Crippen molar-refractivity contribution in [2.75, 3.05) is 33.9 Å². The first-order valence-corrected chi connectivity index (χ1v) is 22.4. The summed E-state index contributed by atoms with van der Waals surface area (Å²) in [6, 6.07) is 15.3. The third-order valence-electron chi connectivity index (χ3n) is 5.37. The second-order valence-corrected chi connectivity index (χ2v) is 25.8. The van der Waals surface area contributed by atoms with E-state index >= 15 is 0 Å². The van der Waals surface area contributed by atoms with E-state index in [1.165, 1.54) is 51.0 Å². The Kier molecular flexibility index (Phi) is 9.10. The monoisotopic (exact) mass is 645 g/mol. The maximum absolute atomic E-state index is 6.68. The van der Waals surface area contributed by atoms with Crippen molar-refractivity contribution in [2.45, 2.75) is 32.1 Å². The third kappa shape index (κ3) is 6.25. The molecule has 4 rings (SSSR count). The molecular weight excluding hydrogens is 616 g/mol. The summed E-state index contributed by atoms with van der Waals surface area (Å²) in [5.41, 5.74) is 0. The number of aliphatic imine (C=N–C) groups is 1. The summed E-state index contributed by atoms with van der Waals surface area (Å²) in [6.45, 7) is 3.60. The van der Waals surface area contributed by atoms with Crippen molar-refractivity contribution in [3.8, 4) is 11.5 Å². The molecule has 2 aliphatic rings. The summed E-state index contributed by atoms with van der Waals surface area (Å²) in [5, 5.41) is 0. The number of hydrogen-bond acceptors (Lipinski definition) is 4. The molecule has 163 valence electrons. The van der Waals surface area contributed by atoms with E-state index in [0.717, 1.165) is 24.6 Å². The van der Waals surface area contributed by atoms with E-state index in [2.05, 4.69) is 9.89 Å². The Labute approximate surface area is 191 Å². The molecule has 1 saturated heterocycles. The van der Waals surface area contributed by atoms with Gasteiger partial charge in [0.2, 0.25) is 0 Å². The first-order chi connectivity index (χ1) is 14.5. The molecule has 0 atom stereocenters. The zero-order chi connectivity index (χ0) is 21.4. The normalized spacial score (nSPS) is 16.4. The SMILES string of the molecule is C1CCC2=NCCCN2CC1.COc1cc[c]([Bi]([Cl])([Cl])[c]2ccc(OC)cc2)cc1. The Hall–Kier alpha value is -1.03. The number of fused-ring (bicyclic) bond motifs is 1. The van der Waals surface area contributed by atoms with Gasteiger partial charge >= 0.3 is 125 Å². The van der Waals surface area contributed by atoms with Gasteiger partial charge in [0, 0.05) is 26.1 Å². The zero-order valence-corrected chi connectivity index (χ0v) is 22.7. The second-order valence-electron chi connectivity index (χ2n) is 7.36. The Morgan fingerprint density at radius 1 is 0.767 bits per heavy atom. The Morgan fingerprint density at radius 3 is 1.83 bits per heavy atom. The molecule has 2 aromatic rings. The van der Waals surface area contributed by atoms with E-state index in [1.54, 1.807) is 14.2 Å². The van der Waals surface area contributed by atoms with Gasteiger partial charge in [-0.15, -0.1) is 0 Å². The number of halogens is 2. The van der Waals surface area contributed by atoms with E-state index < -0.39 is 17.9 Å². The number of nitrogens with zero attached hydrogens (tertiary/aromatic N) is 2. The van der Waals surface area contributed by atoms with E-state index in [-0.39, 0.29) is 0 Å². The van der Waals surface area contributed by atoms with Crippen LogP contribution in [0, 0.1) is 0 Å². The number of methoxy groups -OCH3 is 2. The molecule has 1 fully saturated rings. The molecule has 0 amide bonds. The molecule has 1 radical (unpaired) electrons. The summed E-state index contributed by atoms with van der Waals surface area (Å²) < 4.78 is 12.3. The number of benzene rings is 2. The van der Waals surface area contributed by atoms with Gasteiger partial charge in [-0.2, -0.15) is 0 Å². The quantitative estimate of drug-likeness (QED) is 0.463. The predicted octanol–water partition coefficient (Wildman–Crippen LogP) is 4.40. The van der Waals surface area contributed by atoms with Crippen molar-refractivity contribution >= 4 is 47.3 Å². The van der Waals surface area contributed by atoms with Crippen LogP contribution in [0.4, 0.5) is 0 Å². The van der Waals surface area contributed by atoms with E-state index in [0.29, 0.717) is 0 Å². The standard InChI is InChI=1S/C9H16N2.2C7H7O.Bi.2ClH/c1-2-5-9-10-6-4-8-11(9)7-3-1;2*1-8-7-5-3-2-4-6-7;;;/h1-8H2;2*3-6H,1H3;;2*1H/q;;;+2;;/p-2. The summed E-state index contributed by atoms with van der Waals surface area (Å²) in [5.74, 6) is 3.00. The molecule has 4 nitrogen and oxygen atoms in total. The van der Waals surface area contributed by atoms with Crippen molar-refractivity contribution in [1.82, 2.24) is 4.90 Å². The number of hydrogen-bond donors (Lipinski definition) is 0. The van der Waals surface area contributed by atoms with Gasteiger partial charge in [0.15, 0.2) is 0 Å². The predicted molar refractivity (Wildman–Crippen MR) is 130 cm³/mol. The third-order valence-corrected chi connectivity index (χ3v) is 19.6. The van der Waals surface area contributed by atoms with Crippen LogP contribution in [0.15, 0.2) is 53.5 Å². The Bertz CT molecular complexity index is 777. The van der Waals surface area contributed by atoms with Crippen molar-refractivity contribution in [3.05, 3.63) is 48.5 Å². The maximum atomic E-state index is 6.68. The van der Waals surface area contributed by atoms with Crippen LogP contribution in [0.5, 0.6) is 11.5 Å². The molecule has 2 aliphatic heterocycles. The van der Waals surface area contributed by atoms with Gasteiger partial charge in [-0.05, 0) is 19.3 Å². The van der Waals surface area contributed by atoms with E-state index in [1.807, 2.05) is 48.5 Å². The molecule has 0 unspecified atom stereocenters. The molecule has 0 spiro atoms. The van der Waals surface area contributed by atoms with Gasteiger partial charge in [0.05, 0.1) is 5.84 Å². The Morgan fingerprint density at radius 2 is 1.30 bits per heavy atom. The summed E-state index contributed by atoms with van der Waals surface area (Å²) in [7, 11) is 16.6. The molecule has 0 aliphatic carbocycles. The fourth-order valence-corrected chi connectivity index (χ4v) is 12.8. The molecule has 0 aromatic heterocycles. The summed E-state index contributed by atoms with van der Waals surface area (Å²) in [6.07, 6.45) is 6.63. The van der Waals surface area contributed by atoms with Gasteiger partial charge in [0.1, 0.15) is 0 Å². The van der Waals surface area contributed by atoms with Gasteiger partial charge < -0.3 is 4.90 Å². The minimum atomic E-state index is -3.57. The van der Waals surface area contributed by atoms with Crippen LogP contribution in [-0.4, -0.2) is 62.5 Å². The topological polar surface area (TPSA) is 34.1 Å². The van der Waals surface area contributed by atoms with Crippen molar-refractivity contribution in [2.24, 2.45) is 4.99 Å². The summed E-state index contributed by atoms with van der Waals surface area (Å²) in [4.78, 5) is 7.04. The molecule has 2 heterocycles. The molecule has 0 bridgehead atoms. The van der Waals surface area contributed by atoms with Crippen LogP contribution in [0.1, 0.15) is 32.1 Å². The number of rotatable bonds is 4. The average molecular weight is 646 g/mol. The second kappa shape index (κ2) is 11.6. The van der Waals surface area contributed by atoms with E-state index in [9.17, 15) is 0 Å². The summed E-state index contributed by atoms with van der Waals surface area (Å²) >= 11 is -3.57. The first kappa shape index (κ1) is 23.6. The molecule has 7 heteroatoms. The van der Waals surface area contributed by atoms with Crippen LogP contribution >= 0.6 is 17.0 Å². The van der Waals surface area contributed by atoms with Crippen LogP contribution in [-0.2, 0) is 0 Å². The molecule has 30 heavy (non-hydrogen) atoms. The van der Waals surface area contributed by atoms with Gasteiger partial charge in [0.25, 0.3) is 0 Å². The molecular formula is C23H30BiCl2N2O2. The van der Waals surface area contributed by atoms with Crippen molar-refractivity contribution in [3.63, 3.8) is 0 Å². The van der Waals surface area contributed by atoms with Crippen LogP contribution in [0.3, 0.4) is 0 Å². The van der Waals surface area contributed by atoms with Crippen LogP contribution in [0.2, 0.25) is 0 Å². The molecule has 0 saturated carbocycles. The van der Waals surface area contributed by atoms with E-state index in [4.69, 9.17) is 26.5 Å². The fourth-order valence-electron chi connectivity index (χ4n) is 3.63. The van der Waals surface area contributed by atoms with Gasteiger partial charge in [-0.1, -0.05) is 6.42 Å². The van der Waals surface area contributed by atoms with Crippen molar-refractivity contribution < 1.29 is 9.47 Å². The van der Waals surface area contributed by atoms with Gasteiger partial charge in [-0.3, -0.25) is 4.99 Å². The van der Waals surface area contributed by atoms with Gasteiger partial charge in [-0.25, -0.2) is 0 Å². The number of ether oxygens (including phenoxy) is 2. The number of amidine groups is 1. The van der Waals surface area contributed by atoms with Crippen LogP contribution in [0.25, 0.3) is 0 Å². The fraction of sp³-hybridized carbons (Fsp3) is 0.435. The first-order valence-electron chi connectivity index (χ1n) is 10.4. The molecule has 2 aromatic carbocycles. The minimum absolute atomic E-state index is 0.801. The molecule has 0 N–H and O–H groups in total. The zero-order valence-electron chi connectivity index (χ0n) is 17.7. The average Bonchev–Trinajstić information content (AvgIpc) is 3.05. The Balaban J connectivity index is 0.000000196. The van der Waals surface area contributed by atoms with Crippen LogP contribution < -0.4 is 16.0 Å².